The summed E-state index contributed by atoms with van der Waals surface area (Å²) < 4.78 is 24.8. The standard InChI is InChI=1S/C12H19N3O3S/c1-10(19(2,17)18)12(16)15-8-3-5-11(15)9-14-7-4-6-13-14/h4,6-7,10-11H,3,5,8-9H2,1-2H3/t10-,11-/m0/s1. The number of rotatable bonds is 4. The van der Waals surface area contributed by atoms with E-state index in [1.165, 1.54) is 6.92 Å². The highest BCUT2D eigenvalue weighted by molar-refractivity contribution is 7.92. The number of amides is 1. The Balaban J connectivity index is 2.08. The molecule has 0 aliphatic carbocycles. The molecule has 2 rings (SSSR count). The molecular formula is C12H19N3O3S. The van der Waals surface area contributed by atoms with Crippen LogP contribution in [0.2, 0.25) is 0 Å². The maximum absolute atomic E-state index is 12.2. The van der Waals surface area contributed by atoms with Crippen molar-refractivity contribution in [1.29, 1.82) is 0 Å². The number of aromatic nitrogens is 2. The summed E-state index contributed by atoms with van der Waals surface area (Å²) in [4.78, 5) is 13.9. The van der Waals surface area contributed by atoms with Gasteiger partial charge in [-0.25, -0.2) is 8.42 Å². The Morgan fingerprint density at radius 2 is 2.26 bits per heavy atom. The number of hydrogen-bond donors (Lipinski definition) is 0. The van der Waals surface area contributed by atoms with Gasteiger partial charge in [0.1, 0.15) is 5.25 Å². The van der Waals surface area contributed by atoms with Gasteiger partial charge in [-0.1, -0.05) is 0 Å². The first-order valence-corrected chi connectivity index (χ1v) is 8.32. The van der Waals surface area contributed by atoms with E-state index in [-0.39, 0.29) is 11.9 Å². The molecule has 0 saturated carbocycles. The third kappa shape index (κ3) is 3.15. The van der Waals surface area contributed by atoms with Gasteiger partial charge in [-0.15, -0.1) is 0 Å². The van der Waals surface area contributed by atoms with Crippen LogP contribution in [0.3, 0.4) is 0 Å². The second kappa shape index (κ2) is 5.32. The first kappa shape index (κ1) is 14.0. The Morgan fingerprint density at radius 1 is 1.53 bits per heavy atom. The first-order valence-electron chi connectivity index (χ1n) is 6.36. The van der Waals surface area contributed by atoms with Crippen molar-refractivity contribution in [2.45, 2.75) is 37.6 Å². The molecule has 1 saturated heterocycles. The molecule has 1 aromatic heterocycles. The predicted octanol–water partition coefficient (Wildman–Crippen LogP) is 0.307. The molecule has 0 spiro atoms. The molecule has 6 nitrogen and oxygen atoms in total. The maximum Gasteiger partial charge on any atom is 0.240 e. The van der Waals surface area contributed by atoms with Crippen LogP contribution in [0.15, 0.2) is 18.5 Å². The summed E-state index contributed by atoms with van der Waals surface area (Å²) in [7, 11) is -3.34. The lowest BCUT2D eigenvalue weighted by molar-refractivity contribution is -0.131. The minimum absolute atomic E-state index is 0.0385. The molecule has 2 heterocycles. The lowest BCUT2D eigenvalue weighted by Crippen LogP contribution is -2.45. The van der Waals surface area contributed by atoms with Crippen LogP contribution < -0.4 is 0 Å². The monoisotopic (exact) mass is 285 g/mol. The fourth-order valence-corrected chi connectivity index (χ4v) is 2.86. The topological polar surface area (TPSA) is 72.3 Å². The fraction of sp³-hybridized carbons (Fsp3) is 0.667. The number of likely N-dealkylation sites (tertiary alicyclic amines) is 1. The van der Waals surface area contributed by atoms with Crippen LogP contribution in [0.4, 0.5) is 0 Å². The van der Waals surface area contributed by atoms with Crippen molar-refractivity contribution in [3.8, 4) is 0 Å². The Morgan fingerprint density at radius 3 is 2.84 bits per heavy atom. The number of sulfone groups is 1. The summed E-state index contributed by atoms with van der Waals surface area (Å²) in [6, 6.07) is 1.87. The van der Waals surface area contributed by atoms with Crippen molar-refractivity contribution >= 4 is 15.7 Å². The minimum atomic E-state index is -3.34. The van der Waals surface area contributed by atoms with Gasteiger partial charge in [-0.3, -0.25) is 9.48 Å². The summed E-state index contributed by atoms with van der Waals surface area (Å²) in [5.74, 6) is -0.294. The van der Waals surface area contributed by atoms with Crippen LogP contribution in [0.25, 0.3) is 0 Å². The molecule has 0 bridgehead atoms. The summed E-state index contributed by atoms with van der Waals surface area (Å²) >= 11 is 0. The van der Waals surface area contributed by atoms with Crippen molar-refractivity contribution in [1.82, 2.24) is 14.7 Å². The van der Waals surface area contributed by atoms with E-state index >= 15 is 0 Å². The smallest absolute Gasteiger partial charge is 0.240 e. The Kier molecular flexibility index (Phi) is 3.93. The average Bonchev–Trinajstić information content (AvgIpc) is 2.98. The van der Waals surface area contributed by atoms with Crippen LogP contribution >= 0.6 is 0 Å². The maximum atomic E-state index is 12.2. The van der Waals surface area contributed by atoms with E-state index in [1.807, 2.05) is 12.3 Å². The van der Waals surface area contributed by atoms with E-state index in [4.69, 9.17) is 0 Å². The second-order valence-corrected chi connectivity index (χ2v) is 7.39. The SMILES string of the molecule is C[C@@H](C(=O)N1CCC[C@H]1Cn1cccn1)S(C)(=O)=O. The molecule has 1 aromatic rings. The number of hydrogen-bond acceptors (Lipinski definition) is 4. The molecule has 19 heavy (non-hydrogen) atoms. The zero-order valence-corrected chi connectivity index (χ0v) is 12.0. The second-order valence-electron chi connectivity index (χ2n) is 5.03. The van der Waals surface area contributed by atoms with E-state index in [0.29, 0.717) is 13.1 Å². The van der Waals surface area contributed by atoms with E-state index in [9.17, 15) is 13.2 Å². The highest BCUT2D eigenvalue weighted by atomic mass is 32.2. The van der Waals surface area contributed by atoms with Crippen molar-refractivity contribution in [2.24, 2.45) is 0 Å². The largest absolute Gasteiger partial charge is 0.337 e. The van der Waals surface area contributed by atoms with Gasteiger partial charge in [0, 0.05) is 25.2 Å². The van der Waals surface area contributed by atoms with Crippen LogP contribution in [0.5, 0.6) is 0 Å². The molecule has 1 aliphatic heterocycles. The van der Waals surface area contributed by atoms with E-state index < -0.39 is 15.1 Å². The van der Waals surface area contributed by atoms with Gasteiger partial charge in [0.05, 0.1) is 12.6 Å². The molecular weight excluding hydrogens is 266 g/mol. The van der Waals surface area contributed by atoms with Gasteiger partial charge in [0.25, 0.3) is 0 Å². The lowest BCUT2D eigenvalue weighted by Gasteiger charge is -2.26. The number of carbonyl (C=O) groups is 1. The molecule has 0 unspecified atom stereocenters. The molecule has 7 heteroatoms. The minimum Gasteiger partial charge on any atom is -0.337 e. The zero-order chi connectivity index (χ0) is 14.0. The van der Waals surface area contributed by atoms with Gasteiger partial charge in [0.15, 0.2) is 9.84 Å². The van der Waals surface area contributed by atoms with Crippen molar-refractivity contribution in [3.05, 3.63) is 18.5 Å². The lowest BCUT2D eigenvalue weighted by atomic mass is 10.2. The van der Waals surface area contributed by atoms with Gasteiger partial charge >= 0.3 is 0 Å². The summed E-state index contributed by atoms with van der Waals surface area (Å²) in [6.07, 6.45) is 6.45. The van der Waals surface area contributed by atoms with Crippen molar-refractivity contribution < 1.29 is 13.2 Å². The van der Waals surface area contributed by atoms with E-state index in [1.54, 1.807) is 15.8 Å². The first-order chi connectivity index (χ1) is 8.89. The van der Waals surface area contributed by atoms with E-state index in [0.717, 1.165) is 19.1 Å². The van der Waals surface area contributed by atoms with Gasteiger partial charge < -0.3 is 4.90 Å². The van der Waals surface area contributed by atoms with Crippen LogP contribution in [-0.2, 0) is 21.2 Å². The summed E-state index contributed by atoms with van der Waals surface area (Å²) in [6.45, 7) is 2.71. The highest BCUT2D eigenvalue weighted by Crippen LogP contribution is 2.21. The Labute approximate surface area is 113 Å². The highest BCUT2D eigenvalue weighted by Gasteiger charge is 2.35. The molecule has 1 fully saturated rings. The summed E-state index contributed by atoms with van der Waals surface area (Å²) in [5.41, 5.74) is 0. The average molecular weight is 285 g/mol. The predicted molar refractivity (Wildman–Crippen MR) is 71.3 cm³/mol. The van der Waals surface area contributed by atoms with Crippen molar-refractivity contribution in [3.63, 3.8) is 0 Å². The van der Waals surface area contributed by atoms with Crippen LogP contribution in [-0.4, -0.2) is 53.1 Å². The third-order valence-electron chi connectivity index (χ3n) is 3.61. The van der Waals surface area contributed by atoms with Crippen LogP contribution in [0.1, 0.15) is 19.8 Å². The third-order valence-corrected chi connectivity index (χ3v) is 5.09. The number of carbonyl (C=O) groups excluding carboxylic acids is 1. The summed E-state index contributed by atoms with van der Waals surface area (Å²) in [5, 5.41) is 3.16. The molecule has 106 valence electrons. The number of nitrogens with zero attached hydrogens (tertiary/aromatic N) is 3. The van der Waals surface area contributed by atoms with Crippen molar-refractivity contribution in [2.75, 3.05) is 12.8 Å². The van der Waals surface area contributed by atoms with Crippen LogP contribution in [0, 0.1) is 0 Å². The van der Waals surface area contributed by atoms with Gasteiger partial charge in [-0.2, -0.15) is 5.10 Å². The molecule has 0 radical (unpaired) electrons. The Hall–Kier alpha value is -1.37. The quantitative estimate of drug-likeness (QED) is 0.798. The molecule has 1 aliphatic rings. The van der Waals surface area contributed by atoms with Gasteiger partial charge in [-0.05, 0) is 25.8 Å². The zero-order valence-electron chi connectivity index (χ0n) is 11.2. The Bertz CT molecular complexity index is 539. The fourth-order valence-electron chi connectivity index (χ4n) is 2.36. The molecule has 0 aromatic carbocycles. The normalized spacial score (nSPS) is 21.6. The van der Waals surface area contributed by atoms with E-state index in [2.05, 4.69) is 5.10 Å². The van der Waals surface area contributed by atoms with Gasteiger partial charge in [0.2, 0.25) is 5.91 Å². The molecule has 0 N–H and O–H groups in total. The molecule has 1 amide bonds. The molecule has 2 atom stereocenters.